The molecule has 0 unspecified atom stereocenters. The van der Waals surface area contributed by atoms with Crippen molar-refractivity contribution in [2.24, 2.45) is 0 Å². The third-order valence-electron chi connectivity index (χ3n) is 2.85. The molecule has 0 N–H and O–H groups in total. The number of halogens is 1. The summed E-state index contributed by atoms with van der Waals surface area (Å²) in [5.41, 5.74) is 2.16. The van der Waals surface area contributed by atoms with E-state index in [1.807, 2.05) is 18.2 Å². The summed E-state index contributed by atoms with van der Waals surface area (Å²) in [6, 6.07) is 14.4. The van der Waals surface area contributed by atoms with E-state index in [0.29, 0.717) is 12.5 Å². The van der Waals surface area contributed by atoms with Crippen molar-refractivity contribution < 1.29 is 9.13 Å². The fourth-order valence-electron chi connectivity index (χ4n) is 1.83. The quantitative estimate of drug-likeness (QED) is 0.767. The van der Waals surface area contributed by atoms with E-state index in [2.05, 4.69) is 19.9 Å². The zero-order valence-corrected chi connectivity index (χ0v) is 10.7. The summed E-state index contributed by atoms with van der Waals surface area (Å²) in [5, 5.41) is 0. The lowest BCUT2D eigenvalue weighted by molar-refractivity contribution is 0.301. The van der Waals surface area contributed by atoms with E-state index in [-0.39, 0.29) is 5.82 Å². The van der Waals surface area contributed by atoms with Crippen LogP contribution in [0.4, 0.5) is 4.39 Å². The van der Waals surface area contributed by atoms with Gasteiger partial charge in [0.2, 0.25) is 0 Å². The number of hydrogen-bond donors (Lipinski definition) is 0. The molecule has 0 aliphatic carbocycles. The molecular weight excluding hydrogens is 227 g/mol. The molecule has 2 heteroatoms. The van der Waals surface area contributed by atoms with Gasteiger partial charge in [-0.1, -0.05) is 44.2 Å². The Balaban J connectivity index is 2.08. The van der Waals surface area contributed by atoms with Gasteiger partial charge in [-0.25, -0.2) is 4.39 Å². The van der Waals surface area contributed by atoms with Crippen LogP contribution in [0.15, 0.2) is 48.5 Å². The van der Waals surface area contributed by atoms with Crippen LogP contribution in [0.2, 0.25) is 0 Å². The van der Waals surface area contributed by atoms with Crippen LogP contribution in [0.1, 0.15) is 30.9 Å². The van der Waals surface area contributed by atoms with Crippen LogP contribution in [0.5, 0.6) is 5.75 Å². The third kappa shape index (κ3) is 3.10. The van der Waals surface area contributed by atoms with Crippen molar-refractivity contribution in [3.8, 4) is 5.75 Å². The third-order valence-corrected chi connectivity index (χ3v) is 2.85. The first-order chi connectivity index (χ1) is 8.66. The lowest BCUT2D eigenvalue weighted by atomic mass is 10.0. The molecular formula is C16H17FO. The molecule has 0 atom stereocenters. The van der Waals surface area contributed by atoms with Crippen molar-refractivity contribution in [3.63, 3.8) is 0 Å². The second kappa shape index (κ2) is 5.67. The van der Waals surface area contributed by atoms with Gasteiger partial charge in [0.15, 0.2) is 0 Å². The second-order valence-electron chi connectivity index (χ2n) is 4.61. The molecule has 2 aromatic carbocycles. The van der Waals surface area contributed by atoms with E-state index in [9.17, 15) is 4.39 Å². The van der Waals surface area contributed by atoms with Crippen molar-refractivity contribution in [1.82, 2.24) is 0 Å². The predicted octanol–water partition coefficient (Wildman–Crippen LogP) is 4.53. The summed E-state index contributed by atoms with van der Waals surface area (Å²) in [4.78, 5) is 0. The Bertz CT molecular complexity index is 503. The van der Waals surface area contributed by atoms with Crippen LogP contribution >= 0.6 is 0 Å². The molecule has 0 aromatic heterocycles. The Kier molecular flexibility index (Phi) is 3.98. The monoisotopic (exact) mass is 244 g/mol. The summed E-state index contributed by atoms with van der Waals surface area (Å²) in [5.74, 6) is 1.10. The molecule has 0 bridgehead atoms. The van der Waals surface area contributed by atoms with E-state index >= 15 is 0 Å². The number of hydrogen-bond acceptors (Lipinski definition) is 1. The summed E-state index contributed by atoms with van der Waals surface area (Å²) in [6.45, 7) is 4.74. The first-order valence-corrected chi connectivity index (χ1v) is 6.13. The molecule has 0 saturated carbocycles. The van der Waals surface area contributed by atoms with Gasteiger partial charge in [0.25, 0.3) is 0 Å². The van der Waals surface area contributed by atoms with Gasteiger partial charge < -0.3 is 4.74 Å². The highest BCUT2D eigenvalue weighted by atomic mass is 19.1. The first kappa shape index (κ1) is 12.6. The molecule has 0 aliphatic rings. The normalized spacial score (nSPS) is 10.7. The molecule has 2 rings (SSSR count). The van der Waals surface area contributed by atoms with Crippen LogP contribution in [0, 0.1) is 5.82 Å². The van der Waals surface area contributed by atoms with Gasteiger partial charge in [0, 0.05) is 0 Å². The predicted molar refractivity (Wildman–Crippen MR) is 71.3 cm³/mol. The van der Waals surface area contributed by atoms with Crippen molar-refractivity contribution in [1.29, 1.82) is 0 Å². The Morgan fingerprint density at radius 1 is 1.00 bits per heavy atom. The largest absolute Gasteiger partial charge is 0.489 e. The highest BCUT2D eigenvalue weighted by Crippen LogP contribution is 2.26. The lowest BCUT2D eigenvalue weighted by Crippen LogP contribution is -1.99. The molecule has 0 fully saturated rings. The summed E-state index contributed by atoms with van der Waals surface area (Å²) in [7, 11) is 0. The minimum atomic E-state index is -0.221. The highest BCUT2D eigenvalue weighted by molar-refractivity contribution is 5.35. The van der Waals surface area contributed by atoms with Crippen LogP contribution in [0.25, 0.3) is 0 Å². The summed E-state index contributed by atoms with van der Waals surface area (Å²) < 4.78 is 18.6. The fourth-order valence-corrected chi connectivity index (χ4v) is 1.83. The van der Waals surface area contributed by atoms with Gasteiger partial charge in [-0.05, 0) is 35.2 Å². The zero-order valence-electron chi connectivity index (χ0n) is 10.7. The molecule has 0 saturated heterocycles. The molecule has 1 nitrogen and oxygen atoms in total. The lowest BCUT2D eigenvalue weighted by Gasteiger charge is -2.13. The van der Waals surface area contributed by atoms with Gasteiger partial charge in [-0.15, -0.1) is 0 Å². The standard InChI is InChI=1S/C16H17FO/c1-12(2)15-5-3-4-6-16(15)18-11-13-7-9-14(17)10-8-13/h3-10,12H,11H2,1-2H3. The maximum absolute atomic E-state index is 12.8. The van der Waals surface area contributed by atoms with Crippen LogP contribution in [0.3, 0.4) is 0 Å². The Hall–Kier alpha value is -1.83. The topological polar surface area (TPSA) is 9.23 Å². The molecule has 0 spiro atoms. The maximum atomic E-state index is 12.8. The minimum absolute atomic E-state index is 0.221. The van der Waals surface area contributed by atoms with E-state index in [4.69, 9.17) is 4.74 Å². The molecule has 2 aromatic rings. The van der Waals surface area contributed by atoms with Gasteiger partial charge in [0.1, 0.15) is 18.2 Å². The molecule has 0 radical (unpaired) electrons. The molecule has 94 valence electrons. The van der Waals surface area contributed by atoms with Gasteiger partial charge in [-0.3, -0.25) is 0 Å². The van der Waals surface area contributed by atoms with Crippen LogP contribution in [-0.2, 0) is 6.61 Å². The SMILES string of the molecule is CC(C)c1ccccc1OCc1ccc(F)cc1. The number of para-hydroxylation sites is 1. The molecule has 0 aliphatic heterocycles. The molecule has 0 amide bonds. The maximum Gasteiger partial charge on any atom is 0.123 e. The number of rotatable bonds is 4. The fraction of sp³-hybridized carbons (Fsp3) is 0.250. The van der Waals surface area contributed by atoms with E-state index < -0.39 is 0 Å². The van der Waals surface area contributed by atoms with Gasteiger partial charge >= 0.3 is 0 Å². The van der Waals surface area contributed by atoms with Crippen LogP contribution < -0.4 is 4.74 Å². The molecule has 0 heterocycles. The summed E-state index contributed by atoms with van der Waals surface area (Å²) >= 11 is 0. The Morgan fingerprint density at radius 2 is 1.67 bits per heavy atom. The Morgan fingerprint density at radius 3 is 2.33 bits per heavy atom. The number of benzene rings is 2. The number of ether oxygens (including phenoxy) is 1. The van der Waals surface area contributed by atoms with Crippen molar-refractivity contribution in [2.45, 2.75) is 26.4 Å². The van der Waals surface area contributed by atoms with Gasteiger partial charge in [-0.2, -0.15) is 0 Å². The van der Waals surface area contributed by atoms with Crippen LogP contribution in [-0.4, -0.2) is 0 Å². The van der Waals surface area contributed by atoms with E-state index in [0.717, 1.165) is 11.3 Å². The first-order valence-electron chi connectivity index (χ1n) is 6.13. The highest BCUT2D eigenvalue weighted by Gasteiger charge is 2.06. The smallest absolute Gasteiger partial charge is 0.123 e. The van der Waals surface area contributed by atoms with E-state index in [1.165, 1.54) is 17.7 Å². The van der Waals surface area contributed by atoms with E-state index in [1.54, 1.807) is 12.1 Å². The average molecular weight is 244 g/mol. The average Bonchev–Trinajstić information content (AvgIpc) is 2.38. The van der Waals surface area contributed by atoms with Crippen molar-refractivity contribution in [3.05, 3.63) is 65.5 Å². The van der Waals surface area contributed by atoms with Gasteiger partial charge in [0.05, 0.1) is 0 Å². The second-order valence-corrected chi connectivity index (χ2v) is 4.61. The zero-order chi connectivity index (χ0) is 13.0. The van der Waals surface area contributed by atoms with Crippen molar-refractivity contribution >= 4 is 0 Å². The minimum Gasteiger partial charge on any atom is -0.489 e. The molecule has 18 heavy (non-hydrogen) atoms. The summed E-state index contributed by atoms with van der Waals surface area (Å²) in [6.07, 6.45) is 0. The van der Waals surface area contributed by atoms with Crippen molar-refractivity contribution in [2.75, 3.05) is 0 Å². The Labute approximate surface area is 107 Å².